The number of aryl methyl sites for hydroxylation is 1. The van der Waals surface area contributed by atoms with Gasteiger partial charge in [0.2, 0.25) is 0 Å². The number of hydrogen-bond donors (Lipinski definition) is 1. The van der Waals surface area contributed by atoms with E-state index in [0.29, 0.717) is 22.2 Å². The number of benzene rings is 2. The molecule has 0 aliphatic heterocycles. The van der Waals surface area contributed by atoms with Crippen molar-refractivity contribution in [3.63, 3.8) is 0 Å². The predicted octanol–water partition coefficient (Wildman–Crippen LogP) is 4.79. The number of nitrogens with two attached hydrogens (primary N) is 1. The van der Waals surface area contributed by atoms with E-state index in [9.17, 15) is 0 Å². The predicted molar refractivity (Wildman–Crippen MR) is 74.8 cm³/mol. The minimum absolute atomic E-state index is 0.617. The van der Waals surface area contributed by atoms with Crippen LogP contribution < -0.4 is 10.5 Å². The summed E-state index contributed by atoms with van der Waals surface area (Å²) in [6, 6.07) is 11.0. The van der Waals surface area contributed by atoms with Gasteiger partial charge in [0.1, 0.15) is 11.5 Å². The van der Waals surface area contributed by atoms with Gasteiger partial charge in [-0.05, 0) is 58.7 Å². The Hall–Kier alpha value is -1.19. The third kappa shape index (κ3) is 2.93. The summed E-state index contributed by atoms with van der Waals surface area (Å²) in [5, 5.41) is 0.654. The molecule has 0 saturated heterocycles. The summed E-state index contributed by atoms with van der Waals surface area (Å²) in [4.78, 5) is 0. The fourth-order valence-electron chi connectivity index (χ4n) is 1.44. The highest BCUT2D eigenvalue weighted by Crippen LogP contribution is 2.34. The second kappa shape index (κ2) is 4.98. The number of ether oxygens (including phenoxy) is 1. The molecule has 2 rings (SSSR count). The van der Waals surface area contributed by atoms with Gasteiger partial charge in [0, 0.05) is 5.02 Å². The van der Waals surface area contributed by atoms with Crippen molar-refractivity contribution in [2.45, 2.75) is 6.92 Å². The fraction of sp³-hybridized carbons (Fsp3) is 0.0769. The summed E-state index contributed by atoms with van der Waals surface area (Å²) in [7, 11) is 0. The summed E-state index contributed by atoms with van der Waals surface area (Å²) >= 11 is 9.26. The Morgan fingerprint density at radius 1 is 1.12 bits per heavy atom. The molecule has 0 aromatic heterocycles. The van der Waals surface area contributed by atoms with Gasteiger partial charge in [-0.1, -0.05) is 17.7 Å². The first-order valence-corrected chi connectivity index (χ1v) is 6.22. The molecule has 0 unspecified atom stereocenters. The lowest BCUT2D eigenvalue weighted by Gasteiger charge is -2.10. The average Bonchev–Trinajstić information content (AvgIpc) is 2.25. The molecule has 0 saturated carbocycles. The fourth-order valence-corrected chi connectivity index (χ4v) is 2.20. The van der Waals surface area contributed by atoms with Crippen LogP contribution in [0.15, 0.2) is 40.9 Å². The van der Waals surface area contributed by atoms with E-state index in [1.165, 1.54) is 0 Å². The van der Waals surface area contributed by atoms with Crippen molar-refractivity contribution in [1.29, 1.82) is 0 Å². The first-order valence-electron chi connectivity index (χ1n) is 5.05. The Labute approximate surface area is 113 Å². The zero-order valence-corrected chi connectivity index (χ0v) is 11.5. The second-order valence-electron chi connectivity index (χ2n) is 3.72. The quantitative estimate of drug-likeness (QED) is 0.810. The Kier molecular flexibility index (Phi) is 3.60. The maximum atomic E-state index is 5.88. The molecule has 2 aromatic carbocycles. The normalized spacial score (nSPS) is 10.3. The first-order chi connectivity index (χ1) is 8.06. The molecule has 88 valence electrons. The van der Waals surface area contributed by atoms with E-state index in [-0.39, 0.29) is 0 Å². The number of rotatable bonds is 2. The smallest absolute Gasteiger partial charge is 0.150 e. The molecule has 2 N–H and O–H groups in total. The molecule has 0 atom stereocenters. The molecule has 0 bridgehead atoms. The van der Waals surface area contributed by atoms with E-state index >= 15 is 0 Å². The van der Waals surface area contributed by atoms with E-state index < -0.39 is 0 Å². The molecular weight excluding hydrogens is 302 g/mol. The highest BCUT2D eigenvalue weighted by atomic mass is 79.9. The van der Waals surface area contributed by atoms with Gasteiger partial charge < -0.3 is 10.5 Å². The standard InChI is InChI=1S/C13H11BrClNO/c1-8-2-4-13(11(16)6-8)17-12-5-3-9(15)7-10(12)14/h2-7H,16H2,1H3. The third-order valence-corrected chi connectivity index (χ3v) is 3.13. The molecule has 0 fully saturated rings. The Balaban J connectivity index is 2.31. The van der Waals surface area contributed by atoms with E-state index in [1.54, 1.807) is 18.2 Å². The summed E-state index contributed by atoms with van der Waals surface area (Å²) < 4.78 is 6.52. The van der Waals surface area contributed by atoms with Gasteiger partial charge in [0.05, 0.1) is 10.2 Å². The van der Waals surface area contributed by atoms with E-state index in [1.807, 2.05) is 25.1 Å². The largest absolute Gasteiger partial charge is 0.454 e. The van der Waals surface area contributed by atoms with E-state index in [4.69, 9.17) is 22.1 Å². The van der Waals surface area contributed by atoms with Gasteiger partial charge in [-0.2, -0.15) is 0 Å². The molecule has 0 amide bonds. The molecule has 2 aromatic rings. The summed E-state index contributed by atoms with van der Waals surface area (Å²) in [6.45, 7) is 1.98. The summed E-state index contributed by atoms with van der Waals surface area (Å²) in [5.41, 5.74) is 7.60. The van der Waals surface area contributed by atoms with Crippen LogP contribution in [0.3, 0.4) is 0 Å². The number of halogens is 2. The van der Waals surface area contributed by atoms with Gasteiger partial charge in [-0.25, -0.2) is 0 Å². The van der Waals surface area contributed by atoms with Crippen molar-refractivity contribution in [2.75, 3.05) is 5.73 Å². The Morgan fingerprint density at radius 3 is 2.47 bits per heavy atom. The molecular formula is C13H11BrClNO. The average molecular weight is 313 g/mol. The Morgan fingerprint density at radius 2 is 1.82 bits per heavy atom. The molecule has 17 heavy (non-hydrogen) atoms. The van der Waals surface area contributed by atoms with Crippen LogP contribution >= 0.6 is 27.5 Å². The molecule has 0 aliphatic rings. The van der Waals surface area contributed by atoms with Crippen molar-refractivity contribution in [3.05, 3.63) is 51.5 Å². The lowest BCUT2D eigenvalue weighted by Crippen LogP contribution is -1.93. The maximum absolute atomic E-state index is 5.88. The van der Waals surface area contributed by atoms with Crippen LogP contribution in [0.4, 0.5) is 5.69 Å². The van der Waals surface area contributed by atoms with Gasteiger partial charge in [-0.3, -0.25) is 0 Å². The summed E-state index contributed by atoms with van der Waals surface area (Å²) in [6.07, 6.45) is 0. The summed E-state index contributed by atoms with van der Waals surface area (Å²) in [5.74, 6) is 1.32. The van der Waals surface area contributed by atoms with Gasteiger partial charge in [0.25, 0.3) is 0 Å². The van der Waals surface area contributed by atoms with Crippen LogP contribution in [0.5, 0.6) is 11.5 Å². The molecule has 2 nitrogen and oxygen atoms in total. The van der Waals surface area contributed by atoms with Gasteiger partial charge in [0.15, 0.2) is 0 Å². The maximum Gasteiger partial charge on any atom is 0.150 e. The SMILES string of the molecule is Cc1ccc(Oc2ccc(Cl)cc2Br)c(N)c1. The van der Waals surface area contributed by atoms with Gasteiger partial charge >= 0.3 is 0 Å². The number of hydrogen-bond acceptors (Lipinski definition) is 2. The minimum atomic E-state index is 0.617. The van der Waals surface area contributed by atoms with Crippen LogP contribution in [-0.4, -0.2) is 0 Å². The highest BCUT2D eigenvalue weighted by Gasteiger charge is 2.06. The molecule has 0 radical (unpaired) electrons. The zero-order valence-electron chi connectivity index (χ0n) is 9.21. The van der Waals surface area contributed by atoms with Crippen LogP contribution in [0.1, 0.15) is 5.56 Å². The van der Waals surface area contributed by atoms with Crippen molar-refractivity contribution in [2.24, 2.45) is 0 Å². The number of nitrogen functional groups attached to an aromatic ring is 1. The van der Waals surface area contributed by atoms with Crippen molar-refractivity contribution < 1.29 is 4.74 Å². The molecule has 0 aliphatic carbocycles. The first kappa shape index (κ1) is 12.3. The lowest BCUT2D eigenvalue weighted by molar-refractivity contribution is 0.482. The van der Waals surface area contributed by atoms with Crippen LogP contribution in [-0.2, 0) is 0 Å². The van der Waals surface area contributed by atoms with Gasteiger partial charge in [-0.15, -0.1) is 0 Å². The van der Waals surface area contributed by atoms with E-state index in [2.05, 4.69) is 15.9 Å². The zero-order chi connectivity index (χ0) is 12.4. The van der Waals surface area contributed by atoms with Crippen molar-refractivity contribution in [1.82, 2.24) is 0 Å². The lowest BCUT2D eigenvalue weighted by atomic mass is 10.2. The van der Waals surface area contributed by atoms with Crippen LogP contribution in [0, 0.1) is 6.92 Å². The molecule has 4 heteroatoms. The van der Waals surface area contributed by atoms with E-state index in [0.717, 1.165) is 10.0 Å². The topological polar surface area (TPSA) is 35.2 Å². The molecule has 0 heterocycles. The van der Waals surface area contributed by atoms with Crippen molar-refractivity contribution in [3.8, 4) is 11.5 Å². The molecule has 0 spiro atoms. The van der Waals surface area contributed by atoms with Crippen LogP contribution in [0.2, 0.25) is 5.02 Å². The highest BCUT2D eigenvalue weighted by molar-refractivity contribution is 9.10. The second-order valence-corrected chi connectivity index (χ2v) is 5.01. The third-order valence-electron chi connectivity index (χ3n) is 2.28. The monoisotopic (exact) mass is 311 g/mol. The van der Waals surface area contributed by atoms with Crippen molar-refractivity contribution >= 4 is 33.2 Å². The number of anilines is 1. The minimum Gasteiger partial charge on any atom is -0.454 e. The Bertz CT molecular complexity index is 508. The van der Waals surface area contributed by atoms with Crippen LogP contribution in [0.25, 0.3) is 0 Å².